The molecule has 1 atom stereocenters. The van der Waals surface area contributed by atoms with Gasteiger partial charge in [-0.15, -0.1) is 0 Å². The van der Waals surface area contributed by atoms with Gasteiger partial charge in [0.1, 0.15) is 5.60 Å². The lowest BCUT2D eigenvalue weighted by molar-refractivity contribution is -0.155. The Morgan fingerprint density at radius 1 is 1.15 bits per heavy atom. The number of hydrogen-bond donors (Lipinski definition) is 0. The van der Waals surface area contributed by atoms with Crippen molar-refractivity contribution >= 4 is 18.6 Å². The molecule has 1 aliphatic rings. The summed E-state index contributed by atoms with van der Waals surface area (Å²) in [5.74, 6) is -0.759. The first-order chi connectivity index (χ1) is 12.3. The maximum atomic E-state index is 12.0. The zero-order valence-electron chi connectivity index (χ0n) is 17.5. The molecule has 0 unspecified atom stereocenters. The molecule has 1 aromatic rings. The zero-order chi connectivity index (χ0) is 20.5. The van der Waals surface area contributed by atoms with Crippen molar-refractivity contribution < 1.29 is 18.8 Å². The molecular formula is C21H30BNO4. The van der Waals surface area contributed by atoms with Gasteiger partial charge in [0, 0.05) is 0 Å². The molecule has 1 heterocycles. The van der Waals surface area contributed by atoms with E-state index in [9.17, 15) is 10.1 Å². The Hall–Kier alpha value is -1.84. The highest BCUT2D eigenvalue weighted by atomic mass is 16.7. The summed E-state index contributed by atoms with van der Waals surface area (Å²) in [5, 5.41) is 9.38. The molecule has 6 heteroatoms. The van der Waals surface area contributed by atoms with Crippen molar-refractivity contribution in [2.75, 3.05) is 0 Å². The fraction of sp³-hybridized carbons (Fsp3) is 0.619. The van der Waals surface area contributed by atoms with Gasteiger partial charge in [-0.2, -0.15) is 5.26 Å². The van der Waals surface area contributed by atoms with Crippen LogP contribution in [0, 0.1) is 17.2 Å². The van der Waals surface area contributed by atoms with E-state index >= 15 is 0 Å². The van der Waals surface area contributed by atoms with Crippen LogP contribution in [-0.2, 0) is 25.3 Å². The van der Waals surface area contributed by atoms with Crippen molar-refractivity contribution in [2.24, 2.45) is 5.92 Å². The van der Waals surface area contributed by atoms with Crippen LogP contribution in [0.25, 0.3) is 0 Å². The predicted octanol–water partition coefficient (Wildman–Crippen LogP) is 3.40. The third kappa shape index (κ3) is 5.57. The van der Waals surface area contributed by atoms with Crippen LogP contribution in [-0.4, -0.2) is 29.9 Å². The second kappa shape index (κ2) is 7.65. The number of carbonyl (C=O) groups excluding carboxylic acids is 1. The van der Waals surface area contributed by atoms with E-state index in [1.165, 1.54) is 0 Å². The van der Waals surface area contributed by atoms with Crippen molar-refractivity contribution in [2.45, 2.75) is 78.1 Å². The highest BCUT2D eigenvalue weighted by molar-refractivity contribution is 6.62. The van der Waals surface area contributed by atoms with Crippen LogP contribution in [0.5, 0.6) is 0 Å². The molecule has 0 saturated carbocycles. The molecule has 0 amide bonds. The molecule has 1 fully saturated rings. The molecule has 27 heavy (non-hydrogen) atoms. The standard InChI is InChI=1S/C21H30BNO4/c1-19(2,3)25-18(24)13-16(14-23)12-15-8-10-17(11-9-15)22-26-20(4,5)21(6,7)27-22/h8-11,16H,12-13H2,1-7H3/t16-/m1/s1. The molecule has 0 bridgehead atoms. The first-order valence-corrected chi connectivity index (χ1v) is 9.39. The zero-order valence-corrected chi connectivity index (χ0v) is 17.5. The number of ether oxygens (including phenoxy) is 1. The quantitative estimate of drug-likeness (QED) is 0.586. The van der Waals surface area contributed by atoms with Gasteiger partial charge in [-0.05, 0) is 65.9 Å². The third-order valence-corrected chi connectivity index (χ3v) is 5.00. The molecule has 1 saturated heterocycles. The predicted molar refractivity (Wildman–Crippen MR) is 105 cm³/mol. The van der Waals surface area contributed by atoms with Gasteiger partial charge >= 0.3 is 13.1 Å². The van der Waals surface area contributed by atoms with Crippen molar-refractivity contribution in [1.29, 1.82) is 5.26 Å². The summed E-state index contributed by atoms with van der Waals surface area (Å²) in [4.78, 5) is 12.0. The van der Waals surface area contributed by atoms with Crippen molar-refractivity contribution in [3.05, 3.63) is 29.8 Å². The number of benzene rings is 1. The SMILES string of the molecule is CC(C)(C)OC(=O)C[C@H](C#N)Cc1ccc(B2OC(C)(C)C(C)(C)O2)cc1. The van der Waals surface area contributed by atoms with E-state index in [1.54, 1.807) is 0 Å². The van der Waals surface area contributed by atoms with Gasteiger partial charge in [0.05, 0.1) is 29.6 Å². The van der Waals surface area contributed by atoms with E-state index in [-0.39, 0.29) is 23.6 Å². The van der Waals surface area contributed by atoms with Gasteiger partial charge in [0.25, 0.3) is 0 Å². The second-order valence-corrected chi connectivity index (χ2v) is 9.15. The largest absolute Gasteiger partial charge is 0.494 e. The van der Waals surface area contributed by atoms with E-state index in [1.807, 2.05) is 72.7 Å². The molecule has 2 rings (SSSR count). The number of nitrogens with zero attached hydrogens (tertiary/aromatic N) is 1. The summed E-state index contributed by atoms with van der Waals surface area (Å²) >= 11 is 0. The lowest BCUT2D eigenvalue weighted by Crippen LogP contribution is -2.41. The summed E-state index contributed by atoms with van der Waals surface area (Å²) in [5.41, 5.74) is 0.635. The minimum Gasteiger partial charge on any atom is -0.460 e. The van der Waals surface area contributed by atoms with Crippen LogP contribution in [0.2, 0.25) is 0 Å². The fourth-order valence-corrected chi connectivity index (χ4v) is 2.82. The Balaban J connectivity index is 1.99. The summed E-state index contributed by atoms with van der Waals surface area (Å²) in [6, 6.07) is 10.0. The van der Waals surface area contributed by atoms with Crippen LogP contribution in [0.1, 0.15) is 60.5 Å². The molecule has 1 aliphatic heterocycles. The Kier molecular flexibility index (Phi) is 6.08. The van der Waals surface area contributed by atoms with Crippen LogP contribution < -0.4 is 5.46 Å². The smallest absolute Gasteiger partial charge is 0.460 e. The maximum absolute atomic E-state index is 12.0. The highest BCUT2D eigenvalue weighted by Gasteiger charge is 2.51. The van der Waals surface area contributed by atoms with E-state index < -0.39 is 18.6 Å². The van der Waals surface area contributed by atoms with Gasteiger partial charge < -0.3 is 14.0 Å². The minimum absolute atomic E-state index is 0.0900. The molecule has 0 spiro atoms. The first kappa shape index (κ1) is 21.5. The third-order valence-electron chi connectivity index (χ3n) is 5.00. The number of esters is 1. The molecule has 1 aromatic carbocycles. The summed E-state index contributed by atoms with van der Waals surface area (Å²) in [7, 11) is -0.405. The van der Waals surface area contributed by atoms with E-state index in [0.29, 0.717) is 6.42 Å². The number of hydrogen-bond acceptors (Lipinski definition) is 5. The molecule has 0 radical (unpaired) electrons. The first-order valence-electron chi connectivity index (χ1n) is 9.39. The average Bonchev–Trinajstić information content (AvgIpc) is 2.73. The maximum Gasteiger partial charge on any atom is 0.494 e. The molecular weight excluding hydrogens is 341 g/mol. The summed E-state index contributed by atoms with van der Waals surface area (Å²) < 4.78 is 17.4. The van der Waals surface area contributed by atoms with Crippen LogP contribution in [0.15, 0.2) is 24.3 Å². The summed E-state index contributed by atoms with van der Waals surface area (Å²) in [6.45, 7) is 13.6. The van der Waals surface area contributed by atoms with Gasteiger partial charge in [0.2, 0.25) is 0 Å². The summed E-state index contributed by atoms with van der Waals surface area (Å²) in [6.07, 6.45) is 0.589. The molecule has 146 valence electrons. The minimum atomic E-state index is -0.540. The van der Waals surface area contributed by atoms with Crippen LogP contribution >= 0.6 is 0 Å². The normalized spacial score (nSPS) is 19.4. The molecule has 0 aromatic heterocycles. The van der Waals surface area contributed by atoms with Crippen molar-refractivity contribution in [1.82, 2.24) is 0 Å². The number of carbonyl (C=O) groups is 1. The van der Waals surface area contributed by atoms with E-state index in [0.717, 1.165) is 11.0 Å². The highest BCUT2D eigenvalue weighted by Crippen LogP contribution is 2.36. The topological polar surface area (TPSA) is 68.6 Å². The van der Waals surface area contributed by atoms with Crippen LogP contribution in [0.3, 0.4) is 0 Å². The average molecular weight is 371 g/mol. The number of nitriles is 1. The Labute approximate surface area is 163 Å². The Morgan fingerprint density at radius 3 is 2.11 bits per heavy atom. The van der Waals surface area contributed by atoms with E-state index in [4.69, 9.17) is 14.0 Å². The second-order valence-electron chi connectivity index (χ2n) is 9.15. The van der Waals surface area contributed by atoms with E-state index in [2.05, 4.69) is 6.07 Å². The Morgan fingerprint density at radius 2 is 1.67 bits per heavy atom. The van der Waals surface area contributed by atoms with Crippen molar-refractivity contribution in [3.63, 3.8) is 0 Å². The number of rotatable bonds is 5. The fourth-order valence-electron chi connectivity index (χ4n) is 2.82. The van der Waals surface area contributed by atoms with Crippen molar-refractivity contribution in [3.8, 4) is 6.07 Å². The molecule has 5 nitrogen and oxygen atoms in total. The lowest BCUT2D eigenvalue weighted by Gasteiger charge is -2.32. The van der Waals surface area contributed by atoms with Gasteiger partial charge in [0.15, 0.2) is 0 Å². The van der Waals surface area contributed by atoms with Gasteiger partial charge in [-0.3, -0.25) is 4.79 Å². The van der Waals surface area contributed by atoms with Gasteiger partial charge in [-0.1, -0.05) is 24.3 Å². The Bertz CT molecular complexity index is 697. The molecule has 0 aliphatic carbocycles. The van der Waals surface area contributed by atoms with Crippen LogP contribution in [0.4, 0.5) is 0 Å². The lowest BCUT2D eigenvalue weighted by atomic mass is 9.78. The molecule has 0 N–H and O–H groups in total. The van der Waals surface area contributed by atoms with Gasteiger partial charge in [-0.25, -0.2) is 0 Å². The monoisotopic (exact) mass is 371 g/mol.